The highest BCUT2D eigenvalue weighted by Gasteiger charge is 2.50. The Labute approximate surface area is 296 Å². The van der Waals surface area contributed by atoms with Gasteiger partial charge in [0.25, 0.3) is 0 Å². The maximum Gasteiger partial charge on any atom is 0.160 e. The predicted molar refractivity (Wildman–Crippen MR) is 206 cm³/mol. The Morgan fingerprint density at radius 1 is 0.490 bits per heavy atom. The highest BCUT2D eigenvalue weighted by atomic mass is 16.5. The summed E-state index contributed by atoms with van der Waals surface area (Å²) in [6.07, 6.45) is 5.45. The van der Waals surface area contributed by atoms with Crippen molar-refractivity contribution < 1.29 is 4.74 Å². The van der Waals surface area contributed by atoms with Crippen LogP contribution in [0.2, 0.25) is 0 Å². The lowest BCUT2D eigenvalue weighted by Gasteiger charge is -2.39. The summed E-state index contributed by atoms with van der Waals surface area (Å²) in [5.74, 6) is 2.35. The molecule has 0 unspecified atom stereocenters. The molecule has 1 aliphatic heterocycles. The fourth-order valence-corrected chi connectivity index (χ4v) is 8.78. The zero-order valence-corrected chi connectivity index (χ0v) is 27.7. The van der Waals surface area contributed by atoms with Crippen molar-refractivity contribution in [2.24, 2.45) is 0 Å². The number of nitrogens with zero attached hydrogens (tertiary/aromatic N) is 2. The summed E-state index contributed by atoms with van der Waals surface area (Å²) in [5.41, 5.74) is 14.3. The summed E-state index contributed by atoms with van der Waals surface area (Å²) < 4.78 is 6.82. The number of hydrogen-bond donors (Lipinski definition) is 0. The molecule has 0 atom stereocenters. The molecule has 0 saturated carbocycles. The minimum Gasteiger partial charge on any atom is -0.457 e. The van der Waals surface area contributed by atoms with E-state index in [1.165, 1.54) is 44.2 Å². The molecule has 8 aromatic rings. The molecule has 0 amide bonds. The van der Waals surface area contributed by atoms with Crippen LogP contribution in [-0.4, -0.2) is 9.97 Å². The minimum absolute atomic E-state index is 0.507. The van der Waals surface area contributed by atoms with E-state index < -0.39 is 5.41 Å². The van der Waals surface area contributed by atoms with Crippen LogP contribution in [0.25, 0.3) is 61.9 Å². The lowest BCUT2D eigenvalue weighted by atomic mass is 9.66. The van der Waals surface area contributed by atoms with Crippen molar-refractivity contribution >= 4 is 16.8 Å². The van der Waals surface area contributed by atoms with Crippen LogP contribution in [0.15, 0.2) is 164 Å². The van der Waals surface area contributed by atoms with Crippen molar-refractivity contribution in [1.82, 2.24) is 9.97 Å². The number of rotatable bonds is 3. The van der Waals surface area contributed by atoms with E-state index in [1.54, 1.807) is 0 Å². The number of allylic oxidation sites excluding steroid dienone is 1. The predicted octanol–water partition coefficient (Wildman–Crippen LogP) is 11.7. The Morgan fingerprint density at radius 3 is 1.98 bits per heavy atom. The SMILES string of the molecule is C1=Cc2cc(-c3cc(-c4ccccc4)nc(-c4ccc5c(c4)Oc4ccccc4C54c5ccccc5-c5ccccc54)n3)cc3cccc(c23)C1. The Bertz CT molecular complexity index is 2720. The monoisotopic (exact) mass is 650 g/mol. The molecule has 3 heteroatoms. The number of fused-ring (bicyclic) bond motifs is 9. The molecule has 11 rings (SSSR count). The highest BCUT2D eigenvalue weighted by molar-refractivity contribution is 5.98. The normalized spacial score (nSPS) is 14.0. The summed E-state index contributed by atoms with van der Waals surface area (Å²) >= 11 is 0. The molecule has 0 bridgehead atoms. The van der Waals surface area contributed by atoms with Crippen LogP contribution in [0.3, 0.4) is 0 Å². The second-order valence-corrected chi connectivity index (χ2v) is 13.7. The van der Waals surface area contributed by atoms with Crippen LogP contribution in [0.5, 0.6) is 11.5 Å². The first-order valence-electron chi connectivity index (χ1n) is 17.5. The Morgan fingerprint density at radius 2 is 1.18 bits per heavy atom. The quantitative estimate of drug-likeness (QED) is 0.191. The summed E-state index contributed by atoms with van der Waals surface area (Å²) in [7, 11) is 0. The zero-order valence-electron chi connectivity index (χ0n) is 27.7. The van der Waals surface area contributed by atoms with E-state index in [-0.39, 0.29) is 0 Å². The Hall–Kier alpha value is -6.58. The second kappa shape index (κ2) is 10.7. The van der Waals surface area contributed by atoms with Crippen LogP contribution in [0.1, 0.15) is 33.4 Å². The van der Waals surface area contributed by atoms with Gasteiger partial charge in [0, 0.05) is 27.8 Å². The van der Waals surface area contributed by atoms with Crippen LogP contribution in [0, 0.1) is 0 Å². The molecule has 7 aromatic carbocycles. The van der Waals surface area contributed by atoms with Gasteiger partial charge in [-0.2, -0.15) is 0 Å². The Kier molecular flexibility index (Phi) is 5.94. The molecule has 2 heterocycles. The maximum atomic E-state index is 6.82. The van der Waals surface area contributed by atoms with Crippen molar-refractivity contribution in [1.29, 1.82) is 0 Å². The number of para-hydroxylation sites is 1. The summed E-state index contributed by atoms with van der Waals surface area (Å²) in [6, 6.07) is 56.3. The number of ether oxygens (including phenoxy) is 1. The van der Waals surface area contributed by atoms with Gasteiger partial charge in [0.05, 0.1) is 16.8 Å². The molecule has 1 spiro atoms. The van der Waals surface area contributed by atoms with Crippen LogP contribution < -0.4 is 4.74 Å². The largest absolute Gasteiger partial charge is 0.457 e. The second-order valence-electron chi connectivity index (χ2n) is 13.7. The van der Waals surface area contributed by atoms with E-state index in [0.29, 0.717) is 5.82 Å². The molecule has 0 saturated heterocycles. The average Bonchev–Trinajstić information content (AvgIpc) is 3.49. The number of benzene rings is 7. The first-order chi connectivity index (χ1) is 25.3. The topological polar surface area (TPSA) is 35.0 Å². The van der Waals surface area contributed by atoms with Crippen molar-refractivity contribution in [3.05, 3.63) is 197 Å². The van der Waals surface area contributed by atoms with Gasteiger partial charge < -0.3 is 4.74 Å². The van der Waals surface area contributed by atoms with Gasteiger partial charge in [0.1, 0.15) is 11.5 Å². The molecule has 51 heavy (non-hydrogen) atoms. The van der Waals surface area contributed by atoms with Crippen molar-refractivity contribution in [3.63, 3.8) is 0 Å². The summed E-state index contributed by atoms with van der Waals surface area (Å²) in [6.45, 7) is 0. The molecule has 3 aliphatic rings. The maximum absolute atomic E-state index is 6.82. The van der Waals surface area contributed by atoms with Gasteiger partial charge in [0.2, 0.25) is 0 Å². The van der Waals surface area contributed by atoms with Crippen molar-refractivity contribution in [2.75, 3.05) is 0 Å². The van der Waals surface area contributed by atoms with E-state index in [2.05, 4.69) is 164 Å². The summed E-state index contributed by atoms with van der Waals surface area (Å²) in [5, 5.41) is 2.56. The molecular formula is C48H30N2O. The average molecular weight is 651 g/mol. The first kappa shape index (κ1) is 28.3. The Balaban J connectivity index is 1.13. The number of aromatic nitrogens is 2. The van der Waals surface area contributed by atoms with Gasteiger partial charge in [-0.05, 0) is 80.9 Å². The van der Waals surface area contributed by atoms with E-state index in [0.717, 1.165) is 57.1 Å². The third-order valence-corrected chi connectivity index (χ3v) is 10.9. The minimum atomic E-state index is -0.507. The smallest absolute Gasteiger partial charge is 0.160 e. The van der Waals surface area contributed by atoms with Gasteiger partial charge >= 0.3 is 0 Å². The standard InChI is InChI=1S/C48H30N2O/c1-2-12-30(13-3-1)42-29-43(35-26-32-16-10-14-31-15-11-17-33(27-35)46(31)32)50-47(49-42)34-24-25-41-45(28-34)51-44-23-9-8-22-40(44)48(41)38-20-6-4-18-36(38)37-19-5-7-21-39(37)48/h1-14,16-29H,15H2. The van der Waals surface area contributed by atoms with Gasteiger partial charge in [-0.15, -0.1) is 0 Å². The first-order valence-corrected chi connectivity index (χ1v) is 17.5. The van der Waals surface area contributed by atoms with Crippen molar-refractivity contribution in [3.8, 4) is 56.5 Å². The summed E-state index contributed by atoms with van der Waals surface area (Å²) in [4.78, 5) is 10.5. The third kappa shape index (κ3) is 4.06. The highest BCUT2D eigenvalue weighted by Crippen LogP contribution is 2.62. The molecule has 0 N–H and O–H groups in total. The molecule has 3 nitrogen and oxygen atoms in total. The van der Waals surface area contributed by atoms with Crippen LogP contribution in [0.4, 0.5) is 0 Å². The van der Waals surface area contributed by atoms with Crippen LogP contribution >= 0.6 is 0 Å². The third-order valence-electron chi connectivity index (χ3n) is 10.9. The van der Waals surface area contributed by atoms with E-state index in [4.69, 9.17) is 14.7 Å². The zero-order chi connectivity index (χ0) is 33.5. The van der Waals surface area contributed by atoms with E-state index in [9.17, 15) is 0 Å². The molecule has 2 aliphatic carbocycles. The molecule has 0 fully saturated rings. The van der Waals surface area contributed by atoms with Gasteiger partial charge in [-0.3, -0.25) is 0 Å². The van der Waals surface area contributed by atoms with Gasteiger partial charge in [-0.1, -0.05) is 140 Å². The lowest BCUT2D eigenvalue weighted by Crippen LogP contribution is -2.32. The van der Waals surface area contributed by atoms with Crippen molar-refractivity contribution in [2.45, 2.75) is 11.8 Å². The van der Waals surface area contributed by atoms with Crippen LogP contribution in [-0.2, 0) is 11.8 Å². The number of hydrogen-bond acceptors (Lipinski definition) is 3. The molecule has 0 radical (unpaired) electrons. The van der Waals surface area contributed by atoms with E-state index in [1.807, 2.05) is 6.07 Å². The lowest BCUT2D eigenvalue weighted by molar-refractivity contribution is 0.436. The molecule has 1 aromatic heterocycles. The molecule has 238 valence electrons. The fourth-order valence-electron chi connectivity index (χ4n) is 8.78. The fraction of sp³-hybridized carbons (Fsp3) is 0.0417. The van der Waals surface area contributed by atoms with Gasteiger partial charge in [-0.25, -0.2) is 9.97 Å². The molecular weight excluding hydrogens is 621 g/mol. The van der Waals surface area contributed by atoms with E-state index >= 15 is 0 Å². The van der Waals surface area contributed by atoms with Gasteiger partial charge in [0.15, 0.2) is 5.82 Å².